The smallest absolute Gasteiger partial charge is 0.256 e. The zero-order valence-corrected chi connectivity index (χ0v) is 13.1. The summed E-state index contributed by atoms with van der Waals surface area (Å²) < 4.78 is 13.8. The van der Waals surface area contributed by atoms with Gasteiger partial charge in [-0.1, -0.05) is 11.6 Å². The number of nitrogens with two attached hydrogens (primary N) is 1. The second-order valence-electron chi connectivity index (χ2n) is 5.48. The van der Waals surface area contributed by atoms with Crippen LogP contribution in [-0.2, 0) is 4.79 Å². The van der Waals surface area contributed by atoms with Gasteiger partial charge in [0.1, 0.15) is 5.82 Å². The Hall–Kier alpha value is -1.66. The van der Waals surface area contributed by atoms with Crippen molar-refractivity contribution in [1.29, 1.82) is 0 Å². The average Bonchev–Trinajstić information content (AvgIpc) is 2.46. The van der Waals surface area contributed by atoms with Crippen molar-refractivity contribution in [3.05, 3.63) is 34.6 Å². The van der Waals surface area contributed by atoms with Crippen LogP contribution >= 0.6 is 11.6 Å². The van der Waals surface area contributed by atoms with E-state index in [1.807, 2.05) is 0 Å². The molecule has 2 amide bonds. The van der Waals surface area contributed by atoms with Crippen LogP contribution in [0.2, 0.25) is 5.02 Å². The number of nitrogens with zero attached hydrogens (tertiary/aromatic N) is 2. The van der Waals surface area contributed by atoms with E-state index in [9.17, 15) is 14.0 Å². The van der Waals surface area contributed by atoms with Gasteiger partial charge in [-0.15, -0.1) is 0 Å². The van der Waals surface area contributed by atoms with Crippen molar-refractivity contribution in [1.82, 2.24) is 9.80 Å². The summed E-state index contributed by atoms with van der Waals surface area (Å²) >= 11 is 5.68. The zero-order chi connectivity index (χ0) is 16.3. The Bertz CT molecular complexity index is 572. The molecular weight excluding hydrogens is 309 g/mol. The first-order valence-electron chi connectivity index (χ1n) is 7.16. The molecule has 1 unspecified atom stereocenters. The Labute approximate surface area is 133 Å². The topological polar surface area (TPSA) is 66.6 Å². The van der Waals surface area contributed by atoms with Gasteiger partial charge in [0.2, 0.25) is 5.91 Å². The van der Waals surface area contributed by atoms with Gasteiger partial charge < -0.3 is 15.5 Å². The van der Waals surface area contributed by atoms with Crippen LogP contribution in [0.5, 0.6) is 0 Å². The monoisotopic (exact) mass is 327 g/mol. The summed E-state index contributed by atoms with van der Waals surface area (Å²) in [4.78, 5) is 27.4. The van der Waals surface area contributed by atoms with Crippen LogP contribution < -0.4 is 5.73 Å². The number of halogens is 2. The first-order chi connectivity index (χ1) is 10.4. The number of amides is 2. The minimum atomic E-state index is -0.632. The number of hydrogen-bond donors (Lipinski definition) is 1. The molecule has 0 radical (unpaired) electrons. The molecule has 0 bridgehead atoms. The molecule has 7 heteroatoms. The summed E-state index contributed by atoms with van der Waals surface area (Å²) in [7, 11) is 0. The van der Waals surface area contributed by atoms with Crippen LogP contribution in [-0.4, -0.2) is 53.8 Å². The molecule has 1 aliphatic heterocycles. The molecule has 1 aromatic carbocycles. The van der Waals surface area contributed by atoms with Crippen molar-refractivity contribution in [2.45, 2.75) is 19.4 Å². The molecule has 2 N–H and O–H groups in total. The molecule has 0 aromatic heterocycles. The Kier molecular flexibility index (Phi) is 5.37. The van der Waals surface area contributed by atoms with Crippen molar-refractivity contribution >= 4 is 23.4 Å². The maximum atomic E-state index is 13.8. The molecule has 5 nitrogen and oxygen atoms in total. The summed E-state index contributed by atoms with van der Waals surface area (Å²) in [5.41, 5.74) is 5.62. The molecule has 1 aromatic rings. The lowest BCUT2D eigenvalue weighted by Crippen LogP contribution is -2.51. The van der Waals surface area contributed by atoms with Crippen LogP contribution in [0.3, 0.4) is 0 Å². The fraction of sp³-hybridized carbons (Fsp3) is 0.467. The van der Waals surface area contributed by atoms with Crippen molar-refractivity contribution in [2.75, 3.05) is 26.2 Å². The molecule has 0 aliphatic carbocycles. The summed E-state index contributed by atoms with van der Waals surface area (Å²) in [6.45, 7) is 3.41. The van der Waals surface area contributed by atoms with Crippen molar-refractivity contribution in [3.8, 4) is 0 Å². The molecule has 1 heterocycles. The van der Waals surface area contributed by atoms with Gasteiger partial charge in [0.05, 0.1) is 5.56 Å². The average molecular weight is 328 g/mol. The molecule has 2 rings (SSSR count). The molecule has 1 fully saturated rings. The summed E-state index contributed by atoms with van der Waals surface area (Å²) in [5, 5.41) is 0.250. The van der Waals surface area contributed by atoms with Crippen LogP contribution in [0.25, 0.3) is 0 Å². The number of piperazine rings is 1. The third kappa shape index (κ3) is 3.96. The van der Waals surface area contributed by atoms with Crippen LogP contribution in [0, 0.1) is 5.82 Å². The molecular formula is C15H19ClFN3O2. The number of benzene rings is 1. The van der Waals surface area contributed by atoms with Crippen molar-refractivity contribution in [2.24, 2.45) is 5.73 Å². The normalized spacial score (nSPS) is 16.5. The van der Waals surface area contributed by atoms with Gasteiger partial charge in [-0.05, 0) is 25.1 Å². The number of carbonyl (C=O) groups is 2. The number of rotatable bonds is 3. The quantitative estimate of drug-likeness (QED) is 0.915. The van der Waals surface area contributed by atoms with E-state index >= 15 is 0 Å². The lowest BCUT2D eigenvalue weighted by Gasteiger charge is -2.35. The minimum absolute atomic E-state index is 0.000225. The maximum Gasteiger partial charge on any atom is 0.256 e. The predicted molar refractivity (Wildman–Crippen MR) is 82.2 cm³/mol. The van der Waals surface area contributed by atoms with E-state index in [-0.39, 0.29) is 28.4 Å². The highest BCUT2D eigenvalue weighted by Crippen LogP contribution is 2.17. The van der Waals surface area contributed by atoms with Gasteiger partial charge in [-0.2, -0.15) is 0 Å². The maximum absolute atomic E-state index is 13.8. The fourth-order valence-corrected chi connectivity index (χ4v) is 2.56. The minimum Gasteiger partial charge on any atom is -0.339 e. The summed E-state index contributed by atoms with van der Waals surface area (Å²) in [5.74, 6) is -1.03. The molecule has 0 spiro atoms. The molecule has 0 saturated carbocycles. The number of hydrogen-bond acceptors (Lipinski definition) is 3. The van der Waals surface area contributed by atoms with Crippen LogP contribution in [0.1, 0.15) is 23.7 Å². The third-order valence-electron chi connectivity index (χ3n) is 3.58. The second kappa shape index (κ2) is 7.07. The summed E-state index contributed by atoms with van der Waals surface area (Å²) in [6.07, 6.45) is 0.291. The Morgan fingerprint density at radius 2 is 1.86 bits per heavy atom. The fourth-order valence-electron chi connectivity index (χ4n) is 2.40. The van der Waals surface area contributed by atoms with Gasteiger partial charge >= 0.3 is 0 Å². The highest BCUT2D eigenvalue weighted by Gasteiger charge is 2.26. The second-order valence-corrected chi connectivity index (χ2v) is 5.91. The molecule has 1 atom stereocenters. The molecule has 22 heavy (non-hydrogen) atoms. The van der Waals surface area contributed by atoms with Gasteiger partial charge in [0.15, 0.2) is 0 Å². The van der Waals surface area contributed by atoms with Gasteiger partial charge in [0, 0.05) is 43.7 Å². The number of carbonyl (C=O) groups excluding carboxylic acids is 2. The molecule has 120 valence electrons. The predicted octanol–water partition coefficient (Wildman–Crippen LogP) is 1.50. The molecule has 1 saturated heterocycles. The Morgan fingerprint density at radius 1 is 1.27 bits per heavy atom. The van der Waals surface area contributed by atoms with Crippen LogP contribution in [0.4, 0.5) is 4.39 Å². The van der Waals surface area contributed by atoms with Crippen LogP contribution in [0.15, 0.2) is 18.2 Å². The Balaban J connectivity index is 1.96. The van der Waals surface area contributed by atoms with E-state index in [4.69, 9.17) is 17.3 Å². The lowest BCUT2D eigenvalue weighted by atomic mass is 10.1. The zero-order valence-electron chi connectivity index (χ0n) is 12.4. The van der Waals surface area contributed by atoms with E-state index in [0.29, 0.717) is 32.6 Å². The first kappa shape index (κ1) is 16.7. The first-order valence-corrected chi connectivity index (χ1v) is 7.54. The summed E-state index contributed by atoms with van der Waals surface area (Å²) in [6, 6.07) is 3.81. The standard InChI is InChI=1S/C15H19ClFN3O2/c1-10(18)8-14(21)19-4-6-20(7-5-19)15(22)12-3-2-11(16)9-13(12)17/h2-3,9-10H,4-8,18H2,1H3. The van der Waals surface area contributed by atoms with Crippen molar-refractivity contribution in [3.63, 3.8) is 0 Å². The van der Waals surface area contributed by atoms with Crippen molar-refractivity contribution < 1.29 is 14.0 Å². The lowest BCUT2D eigenvalue weighted by molar-refractivity contribution is -0.132. The Morgan fingerprint density at radius 3 is 2.41 bits per heavy atom. The largest absolute Gasteiger partial charge is 0.339 e. The van der Waals surface area contributed by atoms with E-state index in [2.05, 4.69) is 0 Å². The van der Waals surface area contributed by atoms with E-state index < -0.39 is 5.82 Å². The SMILES string of the molecule is CC(N)CC(=O)N1CCN(C(=O)c2ccc(Cl)cc2F)CC1. The van der Waals surface area contributed by atoms with E-state index in [1.54, 1.807) is 16.7 Å². The van der Waals surface area contributed by atoms with Gasteiger partial charge in [0.25, 0.3) is 5.91 Å². The molecule has 1 aliphatic rings. The third-order valence-corrected chi connectivity index (χ3v) is 3.81. The highest BCUT2D eigenvalue weighted by atomic mass is 35.5. The van der Waals surface area contributed by atoms with E-state index in [0.717, 1.165) is 6.07 Å². The van der Waals surface area contributed by atoms with Gasteiger partial charge in [-0.25, -0.2) is 4.39 Å². The highest BCUT2D eigenvalue weighted by molar-refractivity contribution is 6.30. The van der Waals surface area contributed by atoms with Gasteiger partial charge in [-0.3, -0.25) is 9.59 Å². The van der Waals surface area contributed by atoms with E-state index in [1.165, 1.54) is 12.1 Å².